The van der Waals surface area contributed by atoms with Gasteiger partial charge in [-0.1, -0.05) is 0 Å². The molecule has 18 heavy (non-hydrogen) atoms. The molecule has 2 aromatic rings. The minimum absolute atomic E-state index is 0.000532. The van der Waals surface area contributed by atoms with Crippen LogP contribution in [-0.2, 0) is 0 Å². The maximum Gasteiger partial charge on any atom is 0.336 e. The van der Waals surface area contributed by atoms with Crippen LogP contribution in [0.2, 0.25) is 0 Å². The number of benzene rings is 1. The Labute approximate surface area is 100.0 Å². The van der Waals surface area contributed by atoms with Crippen molar-refractivity contribution < 1.29 is 18.3 Å². The molecule has 0 aliphatic rings. The van der Waals surface area contributed by atoms with Crippen LogP contribution in [0.3, 0.4) is 0 Å². The molecule has 0 saturated carbocycles. The molecular weight excluding hydrogens is 246 g/mol. The van der Waals surface area contributed by atoms with Gasteiger partial charge in [-0.2, -0.15) is 4.98 Å². The highest BCUT2D eigenvalue weighted by molar-refractivity contribution is 6.03. The normalized spacial score (nSPS) is 10.2. The van der Waals surface area contributed by atoms with Gasteiger partial charge in [-0.05, 0) is 12.1 Å². The third-order valence-electron chi connectivity index (χ3n) is 2.06. The number of anilines is 1. The molecule has 2 N–H and O–H groups in total. The third-order valence-corrected chi connectivity index (χ3v) is 2.06. The fourth-order valence-electron chi connectivity index (χ4n) is 1.24. The summed E-state index contributed by atoms with van der Waals surface area (Å²) in [6.45, 7) is 0. The summed E-state index contributed by atoms with van der Waals surface area (Å²) >= 11 is 0. The van der Waals surface area contributed by atoms with E-state index < -0.39 is 17.5 Å². The zero-order valence-electron chi connectivity index (χ0n) is 9.20. The number of halogens is 2. The molecule has 0 aliphatic heterocycles. The van der Waals surface area contributed by atoms with Crippen LogP contribution in [-0.4, -0.2) is 28.2 Å². The number of methoxy groups -OCH3 is 1. The molecule has 0 radical (unpaired) electrons. The smallest absolute Gasteiger partial charge is 0.336 e. The molecule has 2 rings (SSSR count). The van der Waals surface area contributed by atoms with Crippen LogP contribution in [0.25, 0.3) is 0 Å². The number of amides is 1. The Morgan fingerprint density at radius 2 is 2.22 bits per heavy atom. The van der Waals surface area contributed by atoms with E-state index in [1.54, 1.807) is 0 Å². The second-order valence-corrected chi connectivity index (χ2v) is 3.25. The van der Waals surface area contributed by atoms with Crippen LogP contribution in [0.15, 0.2) is 18.2 Å². The van der Waals surface area contributed by atoms with Crippen molar-refractivity contribution in [1.82, 2.24) is 15.2 Å². The molecule has 0 saturated heterocycles. The summed E-state index contributed by atoms with van der Waals surface area (Å²) in [7, 11) is 1.36. The van der Waals surface area contributed by atoms with Gasteiger partial charge in [0.05, 0.1) is 12.7 Å². The van der Waals surface area contributed by atoms with Gasteiger partial charge in [-0.3, -0.25) is 10.1 Å². The lowest BCUT2D eigenvalue weighted by Crippen LogP contribution is -2.14. The number of hydrogen-bond acceptors (Lipinski definition) is 4. The van der Waals surface area contributed by atoms with Crippen molar-refractivity contribution in [2.45, 2.75) is 0 Å². The number of nitrogens with one attached hydrogen (secondary N) is 2. The first-order valence-electron chi connectivity index (χ1n) is 4.83. The van der Waals surface area contributed by atoms with E-state index in [2.05, 4.69) is 20.5 Å². The Hall–Kier alpha value is -2.51. The second kappa shape index (κ2) is 4.78. The molecule has 1 aromatic carbocycles. The Balaban J connectivity index is 2.16. The Kier molecular flexibility index (Phi) is 3.18. The summed E-state index contributed by atoms with van der Waals surface area (Å²) in [4.78, 5) is 15.4. The van der Waals surface area contributed by atoms with Gasteiger partial charge in [0.2, 0.25) is 5.95 Å². The van der Waals surface area contributed by atoms with Gasteiger partial charge in [-0.15, -0.1) is 5.10 Å². The first kappa shape index (κ1) is 12.0. The molecular formula is C10H8F2N4O2. The van der Waals surface area contributed by atoms with Crippen molar-refractivity contribution in [2.24, 2.45) is 0 Å². The molecule has 0 aliphatic carbocycles. The number of H-pyrrole nitrogens is 1. The zero-order chi connectivity index (χ0) is 13.1. The average Bonchev–Trinajstić information content (AvgIpc) is 2.76. The van der Waals surface area contributed by atoms with Crippen molar-refractivity contribution in [1.29, 1.82) is 0 Å². The number of aromatic amines is 1. The fraction of sp³-hybridized carbons (Fsp3) is 0.100. The predicted molar refractivity (Wildman–Crippen MR) is 57.2 cm³/mol. The lowest BCUT2D eigenvalue weighted by Gasteiger charge is -2.02. The van der Waals surface area contributed by atoms with Gasteiger partial charge >= 0.3 is 6.01 Å². The number of aromatic nitrogens is 3. The number of ether oxygens (including phenoxy) is 1. The first-order chi connectivity index (χ1) is 8.60. The molecule has 0 fully saturated rings. The first-order valence-corrected chi connectivity index (χ1v) is 4.83. The molecule has 1 aromatic heterocycles. The van der Waals surface area contributed by atoms with E-state index in [0.717, 1.165) is 12.1 Å². The quantitative estimate of drug-likeness (QED) is 0.866. The maximum atomic E-state index is 13.3. The van der Waals surface area contributed by atoms with E-state index in [1.807, 2.05) is 0 Å². The van der Waals surface area contributed by atoms with Gasteiger partial charge in [0.15, 0.2) is 0 Å². The Morgan fingerprint density at radius 1 is 1.44 bits per heavy atom. The van der Waals surface area contributed by atoms with Gasteiger partial charge in [-0.25, -0.2) is 13.9 Å². The summed E-state index contributed by atoms with van der Waals surface area (Å²) < 4.78 is 30.7. The monoisotopic (exact) mass is 254 g/mol. The largest absolute Gasteiger partial charge is 0.466 e. The van der Waals surface area contributed by atoms with E-state index in [-0.39, 0.29) is 17.5 Å². The zero-order valence-corrected chi connectivity index (χ0v) is 9.20. The molecule has 94 valence electrons. The van der Waals surface area contributed by atoms with Crippen molar-refractivity contribution in [3.63, 3.8) is 0 Å². The van der Waals surface area contributed by atoms with Gasteiger partial charge in [0.1, 0.15) is 11.6 Å². The standard InChI is InChI=1S/C10H8F2N4O2/c1-18-10-14-9(15-16-10)13-8(17)6-3-2-5(11)4-7(6)12/h2-4H,1H3,(H2,13,14,15,16,17). The molecule has 0 unspecified atom stereocenters. The van der Waals surface area contributed by atoms with Crippen LogP contribution >= 0.6 is 0 Å². The SMILES string of the molecule is COc1n[nH]c(NC(=O)c2ccc(F)cc2F)n1. The van der Waals surface area contributed by atoms with Crippen molar-refractivity contribution in [3.05, 3.63) is 35.4 Å². The summed E-state index contributed by atoms with van der Waals surface area (Å²) in [6.07, 6.45) is 0. The van der Waals surface area contributed by atoms with Gasteiger partial charge in [0, 0.05) is 6.07 Å². The Morgan fingerprint density at radius 3 is 2.83 bits per heavy atom. The van der Waals surface area contributed by atoms with Crippen LogP contribution < -0.4 is 10.1 Å². The van der Waals surface area contributed by atoms with E-state index in [0.29, 0.717) is 6.07 Å². The fourth-order valence-corrected chi connectivity index (χ4v) is 1.24. The highest BCUT2D eigenvalue weighted by Gasteiger charge is 2.14. The highest BCUT2D eigenvalue weighted by Crippen LogP contribution is 2.12. The van der Waals surface area contributed by atoms with Crippen molar-refractivity contribution in [2.75, 3.05) is 12.4 Å². The van der Waals surface area contributed by atoms with E-state index in [4.69, 9.17) is 4.74 Å². The number of carbonyl (C=O) groups is 1. The number of rotatable bonds is 3. The van der Waals surface area contributed by atoms with Crippen LogP contribution in [0.4, 0.5) is 14.7 Å². The minimum Gasteiger partial charge on any atom is -0.466 e. The molecule has 0 atom stereocenters. The minimum atomic E-state index is -0.959. The lowest BCUT2D eigenvalue weighted by atomic mass is 10.2. The number of nitrogens with zero attached hydrogens (tertiary/aromatic N) is 2. The highest BCUT2D eigenvalue weighted by atomic mass is 19.1. The molecule has 0 bridgehead atoms. The molecule has 1 amide bonds. The lowest BCUT2D eigenvalue weighted by molar-refractivity contribution is 0.102. The summed E-state index contributed by atoms with van der Waals surface area (Å²) in [6, 6.07) is 2.67. The van der Waals surface area contributed by atoms with Crippen LogP contribution in [0.1, 0.15) is 10.4 Å². The average molecular weight is 254 g/mol. The van der Waals surface area contributed by atoms with Crippen molar-refractivity contribution >= 4 is 11.9 Å². The predicted octanol–water partition coefficient (Wildman–Crippen LogP) is 1.34. The van der Waals surface area contributed by atoms with Gasteiger partial charge < -0.3 is 4.74 Å². The maximum absolute atomic E-state index is 13.3. The molecule has 6 nitrogen and oxygen atoms in total. The van der Waals surface area contributed by atoms with Gasteiger partial charge in [0.25, 0.3) is 5.91 Å². The summed E-state index contributed by atoms with van der Waals surface area (Å²) in [5, 5.41) is 8.23. The summed E-state index contributed by atoms with van der Waals surface area (Å²) in [5.41, 5.74) is -0.299. The van der Waals surface area contributed by atoms with Crippen LogP contribution in [0, 0.1) is 11.6 Å². The molecule has 0 spiro atoms. The molecule has 8 heteroatoms. The third kappa shape index (κ3) is 2.42. The molecule has 1 heterocycles. The van der Waals surface area contributed by atoms with Crippen molar-refractivity contribution in [3.8, 4) is 6.01 Å². The number of hydrogen-bond donors (Lipinski definition) is 2. The van der Waals surface area contributed by atoms with E-state index in [1.165, 1.54) is 7.11 Å². The van der Waals surface area contributed by atoms with E-state index in [9.17, 15) is 13.6 Å². The topological polar surface area (TPSA) is 79.9 Å². The Bertz CT molecular complexity index is 585. The second-order valence-electron chi connectivity index (χ2n) is 3.25. The number of carbonyl (C=O) groups excluding carboxylic acids is 1. The van der Waals surface area contributed by atoms with Crippen LogP contribution in [0.5, 0.6) is 6.01 Å². The van der Waals surface area contributed by atoms with E-state index >= 15 is 0 Å². The summed E-state index contributed by atoms with van der Waals surface area (Å²) in [5.74, 6) is -2.49.